The number of aromatic nitrogens is 2. The summed E-state index contributed by atoms with van der Waals surface area (Å²) in [5.41, 5.74) is 0. The maximum atomic E-state index is 9.34. The van der Waals surface area contributed by atoms with Crippen molar-refractivity contribution in [3.8, 4) is 0 Å². The van der Waals surface area contributed by atoms with E-state index < -0.39 is 0 Å². The first-order valence-corrected chi connectivity index (χ1v) is 6.64. The summed E-state index contributed by atoms with van der Waals surface area (Å²) in [4.78, 5) is 10.7. The van der Waals surface area contributed by atoms with Gasteiger partial charge in [-0.25, -0.2) is 9.97 Å². The Morgan fingerprint density at radius 3 is 3.06 bits per heavy atom. The van der Waals surface area contributed by atoms with E-state index in [0.717, 1.165) is 37.6 Å². The molecular weight excluding hydrogens is 228 g/mol. The van der Waals surface area contributed by atoms with Gasteiger partial charge in [0.15, 0.2) is 0 Å². The molecule has 1 aliphatic rings. The summed E-state index contributed by atoms with van der Waals surface area (Å²) in [5, 5.41) is 12.6. The Hall–Kier alpha value is -1.36. The maximum absolute atomic E-state index is 9.34. The van der Waals surface area contributed by atoms with Gasteiger partial charge in [-0.05, 0) is 18.8 Å². The van der Waals surface area contributed by atoms with Gasteiger partial charge in [-0.2, -0.15) is 0 Å². The average Bonchev–Trinajstić information content (AvgIpc) is 2.85. The van der Waals surface area contributed by atoms with Gasteiger partial charge in [0, 0.05) is 19.2 Å². The molecule has 1 fully saturated rings. The Bertz CT molecular complexity index is 383. The van der Waals surface area contributed by atoms with E-state index >= 15 is 0 Å². The Balaban J connectivity index is 2.06. The second kappa shape index (κ2) is 6.00. The highest BCUT2D eigenvalue weighted by atomic mass is 16.3. The lowest BCUT2D eigenvalue weighted by Gasteiger charge is -2.24. The third kappa shape index (κ3) is 3.10. The normalized spacial score (nSPS) is 19.6. The zero-order valence-corrected chi connectivity index (χ0v) is 11.1. The van der Waals surface area contributed by atoms with Gasteiger partial charge in [-0.15, -0.1) is 0 Å². The largest absolute Gasteiger partial charge is 0.394 e. The molecule has 2 heterocycles. The van der Waals surface area contributed by atoms with E-state index in [9.17, 15) is 5.11 Å². The van der Waals surface area contributed by atoms with Crippen LogP contribution in [0.4, 0.5) is 11.6 Å². The molecule has 0 spiro atoms. The van der Waals surface area contributed by atoms with Crippen molar-refractivity contribution in [1.29, 1.82) is 0 Å². The van der Waals surface area contributed by atoms with E-state index in [4.69, 9.17) is 0 Å². The highest BCUT2D eigenvalue weighted by Crippen LogP contribution is 2.24. The molecule has 0 aliphatic carbocycles. The summed E-state index contributed by atoms with van der Waals surface area (Å²) >= 11 is 0. The Labute approximate surface area is 108 Å². The van der Waals surface area contributed by atoms with Crippen LogP contribution in [0.25, 0.3) is 0 Å². The van der Waals surface area contributed by atoms with Gasteiger partial charge in [-0.1, -0.05) is 13.8 Å². The molecule has 1 unspecified atom stereocenters. The summed E-state index contributed by atoms with van der Waals surface area (Å²) in [6.07, 6.45) is 3.74. The van der Waals surface area contributed by atoms with Crippen molar-refractivity contribution in [2.24, 2.45) is 5.92 Å². The Morgan fingerprint density at radius 2 is 2.33 bits per heavy atom. The fourth-order valence-electron chi connectivity index (χ4n) is 2.24. The molecule has 0 radical (unpaired) electrons. The summed E-state index contributed by atoms with van der Waals surface area (Å²) < 4.78 is 0. The first kappa shape index (κ1) is 13.1. The van der Waals surface area contributed by atoms with Gasteiger partial charge >= 0.3 is 0 Å². The van der Waals surface area contributed by atoms with Crippen molar-refractivity contribution in [3.05, 3.63) is 12.4 Å². The first-order chi connectivity index (χ1) is 8.70. The van der Waals surface area contributed by atoms with E-state index in [1.807, 2.05) is 6.07 Å². The van der Waals surface area contributed by atoms with Crippen molar-refractivity contribution in [3.63, 3.8) is 0 Å². The van der Waals surface area contributed by atoms with Crippen LogP contribution in [0.5, 0.6) is 0 Å². The monoisotopic (exact) mass is 250 g/mol. The van der Waals surface area contributed by atoms with Gasteiger partial charge in [0.2, 0.25) is 0 Å². The summed E-state index contributed by atoms with van der Waals surface area (Å²) in [5.74, 6) is 2.35. The second-order valence-corrected chi connectivity index (χ2v) is 5.21. The predicted octanol–water partition coefficient (Wildman–Crippen LogP) is 1.51. The molecule has 1 aromatic rings. The van der Waals surface area contributed by atoms with E-state index in [1.54, 1.807) is 6.33 Å². The fraction of sp³-hybridized carbons (Fsp3) is 0.692. The number of anilines is 2. The highest BCUT2D eigenvalue weighted by molar-refractivity contribution is 5.49. The number of aliphatic hydroxyl groups excluding tert-OH is 1. The smallest absolute Gasteiger partial charge is 0.134 e. The molecule has 0 saturated carbocycles. The lowest BCUT2D eigenvalue weighted by atomic mass is 10.2. The van der Waals surface area contributed by atoms with Gasteiger partial charge < -0.3 is 15.3 Å². The molecule has 5 nitrogen and oxygen atoms in total. The van der Waals surface area contributed by atoms with E-state index in [0.29, 0.717) is 5.92 Å². The minimum Gasteiger partial charge on any atom is -0.394 e. The maximum Gasteiger partial charge on any atom is 0.134 e. The number of hydrogen-bond donors (Lipinski definition) is 2. The van der Waals surface area contributed by atoms with Crippen molar-refractivity contribution in [2.45, 2.75) is 32.7 Å². The van der Waals surface area contributed by atoms with Crippen LogP contribution in [0.15, 0.2) is 12.4 Å². The standard InChI is InChI=1S/C13H22N4O/c1-10(2)7-14-12-6-13(16-9-15-12)17-5-3-4-11(17)8-18/h6,9-11,18H,3-5,7-8H2,1-2H3,(H,14,15,16). The number of nitrogens with one attached hydrogen (secondary N) is 1. The van der Waals surface area contributed by atoms with Crippen molar-refractivity contribution < 1.29 is 5.11 Å². The second-order valence-electron chi connectivity index (χ2n) is 5.21. The van der Waals surface area contributed by atoms with Crippen LogP contribution in [0.3, 0.4) is 0 Å². The number of hydrogen-bond acceptors (Lipinski definition) is 5. The lowest BCUT2D eigenvalue weighted by molar-refractivity contribution is 0.266. The first-order valence-electron chi connectivity index (χ1n) is 6.64. The summed E-state index contributed by atoms with van der Waals surface area (Å²) in [6, 6.07) is 2.17. The van der Waals surface area contributed by atoms with Crippen LogP contribution in [0.2, 0.25) is 0 Å². The Kier molecular flexibility index (Phi) is 4.36. The van der Waals surface area contributed by atoms with Crippen LogP contribution in [0, 0.1) is 5.92 Å². The van der Waals surface area contributed by atoms with E-state index in [1.165, 1.54) is 0 Å². The van der Waals surface area contributed by atoms with Gasteiger partial charge in [-0.3, -0.25) is 0 Å². The van der Waals surface area contributed by atoms with Gasteiger partial charge in [0.1, 0.15) is 18.0 Å². The van der Waals surface area contributed by atoms with Crippen molar-refractivity contribution in [1.82, 2.24) is 9.97 Å². The molecule has 2 N–H and O–H groups in total. The predicted molar refractivity (Wildman–Crippen MR) is 72.8 cm³/mol. The SMILES string of the molecule is CC(C)CNc1cc(N2CCCC2CO)ncn1. The molecule has 2 rings (SSSR count). The number of nitrogens with zero attached hydrogens (tertiary/aromatic N) is 3. The molecule has 0 amide bonds. The summed E-state index contributed by atoms with van der Waals surface area (Å²) in [7, 11) is 0. The summed E-state index contributed by atoms with van der Waals surface area (Å²) in [6.45, 7) is 6.39. The third-order valence-electron chi connectivity index (χ3n) is 3.23. The van der Waals surface area contributed by atoms with Gasteiger partial charge in [0.25, 0.3) is 0 Å². The van der Waals surface area contributed by atoms with Crippen LogP contribution >= 0.6 is 0 Å². The minimum absolute atomic E-state index is 0.193. The highest BCUT2D eigenvalue weighted by Gasteiger charge is 2.24. The number of rotatable bonds is 5. The zero-order chi connectivity index (χ0) is 13.0. The quantitative estimate of drug-likeness (QED) is 0.829. The average molecular weight is 250 g/mol. The van der Waals surface area contributed by atoms with Crippen LogP contribution in [-0.2, 0) is 0 Å². The van der Waals surface area contributed by atoms with Crippen LogP contribution in [-0.4, -0.2) is 40.8 Å². The topological polar surface area (TPSA) is 61.3 Å². The van der Waals surface area contributed by atoms with Crippen molar-refractivity contribution in [2.75, 3.05) is 29.9 Å². The van der Waals surface area contributed by atoms with E-state index in [-0.39, 0.29) is 12.6 Å². The molecule has 100 valence electrons. The molecule has 1 aliphatic heterocycles. The van der Waals surface area contributed by atoms with Crippen molar-refractivity contribution >= 4 is 11.6 Å². The fourth-order valence-corrected chi connectivity index (χ4v) is 2.24. The van der Waals surface area contributed by atoms with Crippen LogP contribution in [0.1, 0.15) is 26.7 Å². The molecule has 0 aromatic carbocycles. The van der Waals surface area contributed by atoms with Gasteiger partial charge in [0.05, 0.1) is 12.6 Å². The molecule has 0 bridgehead atoms. The van der Waals surface area contributed by atoms with E-state index in [2.05, 4.69) is 34.0 Å². The Morgan fingerprint density at radius 1 is 1.50 bits per heavy atom. The molecule has 1 saturated heterocycles. The number of aliphatic hydroxyl groups is 1. The van der Waals surface area contributed by atoms with Crippen LogP contribution < -0.4 is 10.2 Å². The third-order valence-corrected chi connectivity index (χ3v) is 3.23. The zero-order valence-electron chi connectivity index (χ0n) is 11.1. The molecule has 18 heavy (non-hydrogen) atoms. The molecule has 5 heteroatoms. The molecule has 1 atom stereocenters. The minimum atomic E-state index is 0.193. The lowest BCUT2D eigenvalue weighted by Crippen LogP contribution is -2.32. The molecule has 1 aromatic heterocycles. The molecular formula is C13H22N4O.